The lowest BCUT2D eigenvalue weighted by molar-refractivity contribution is -0.142. The van der Waals surface area contributed by atoms with E-state index in [1.807, 2.05) is 51.3 Å². The predicted octanol–water partition coefficient (Wildman–Crippen LogP) is 3.74. The van der Waals surface area contributed by atoms with Crippen LogP contribution in [0.15, 0.2) is 23.6 Å². The summed E-state index contributed by atoms with van der Waals surface area (Å²) in [6, 6.07) is 3.68. The number of fused-ring (bicyclic) bond motifs is 1. The Bertz CT molecular complexity index is 2010. The molecule has 2 saturated carbocycles. The van der Waals surface area contributed by atoms with Crippen LogP contribution in [-0.2, 0) is 24.4 Å². The monoisotopic (exact) mass is 750 g/mol. The number of sulfonamides is 1. The van der Waals surface area contributed by atoms with E-state index in [1.165, 1.54) is 16.2 Å². The van der Waals surface area contributed by atoms with Gasteiger partial charge in [-0.15, -0.1) is 11.3 Å². The van der Waals surface area contributed by atoms with E-state index in [4.69, 9.17) is 27.4 Å². The van der Waals surface area contributed by atoms with Crippen LogP contribution >= 0.6 is 11.3 Å². The first-order valence-corrected chi connectivity index (χ1v) is 20.1. The van der Waals surface area contributed by atoms with Crippen molar-refractivity contribution in [3.8, 4) is 22.2 Å². The molecule has 2 radical (unpaired) electrons. The summed E-state index contributed by atoms with van der Waals surface area (Å²) in [5, 5.41) is 8.35. The number of likely N-dealkylation sites (tertiary alicyclic amines) is 1. The maximum absolute atomic E-state index is 14.2. The van der Waals surface area contributed by atoms with Gasteiger partial charge in [-0.2, -0.15) is 0 Å². The summed E-state index contributed by atoms with van der Waals surface area (Å²) in [5.41, 5.74) is 1.05. The van der Waals surface area contributed by atoms with Crippen LogP contribution in [0.25, 0.3) is 21.6 Å². The Morgan fingerprint density at radius 1 is 1.13 bits per heavy atom. The number of nitrogens with zero attached hydrogens (tertiary/aromatic N) is 3. The van der Waals surface area contributed by atoms with Crippen LogP contribution in [-0.4, -0.2) is 91.6 Å². The van der Waals surface area contributed by atoms with Gasteiger partial charge in [0.15, 0.2) is 7.98 Å². The number of pyridine rings is 1. The molecule has 0 spiro atoms. The number of carbonyl (C=O) groups is 3. The van der Waals surface area contributed by atoms with Gasteiger partial charge in [0.2, 0.25) is 21.8 Å². The lowest BCUT2D eigenvalue weighted by Crippen LogP contribution is -2.59. The van der Waals surface area contributed by atoms with Crippen molar-refractivity contribution in [1.29, 1.82) is 0 Å². The minimum absolute atomic E-state index is 0.0546. The van der Waals surface area contributed by atoms with Gasteiger partial charge < -0.3 is 24.9 Å². The van der Waals surface area contributed by atoms with E-state index in [-0.39, 0.29) is 31.2 Å². The first-order chi connectivity index (χ1) is 24.4. The molecule has 0 bridgehead atoms. The zero-order chi connectivity index (χ0) is 37.9. The lowest BCUT2D eigenvalue weighted by Gasteiger charge is -2.35. The molecule has 3 heterocycles. The summed E-state index contributed by atoms with van der Waals surface area (Å²) >= 11 is 1.49. The number of methoxy groups -OCH3 is 1. The molecule has 13 nitrogen and oxygen atoms in total. The Hall–Kier alpha value is -3.76. The van der Waals surface area contributed by atoms with E-state index in [9.17, 15) is 22.8 Å². The van der Waals surface area contributed by atoms with Gasteiger partial charge in [0.1, 0.15) is 39.9 Å². The Kier molecular flexibility index (Phi) is 10.2. The van der Waals surface area contributed by atoms with Crippen molar-refractivity contribution in [2.45, 2.75) is 109 Å². The zero-order valence-corrected chi connectivity index (χ0v) is 32.5. The van der Waals surface area contributed by atoms with Gasteiger partial charge in [-0.1, -0.05) is 41.5 Å². The van der Waals surface area contributed by atoms with Crippen molar-refractivity contribution < 1.29 is 32.3 Å². The van der Waals surface area contributed by atoms with Crippen molar-refractivity contribution in [3.63, 3.8) is 0 Å². The Morgan fingerprint density at radius 3 is 2.38 bits per heavy atom. The minimum atomic E-state index is -3.83. The molecule has 5 atom stereocenters. The standard InChI is InChI=1S/C36H47BN6O7S2/c1-18(2)25-17-51-32(39-25)24-14-28(23-11-12-27(49-8)20(4)29(23)38-24)50-21-13-26(43(16-21)33(45)30(41-37)35(5,6)7)31(44)40-36(15-19(36)3)34(46)42-52(47,48)22-9-10-22/h11-12,14,17-19,21-22,26,30,41H,9-10,13,15-16H2,1-8H3,(H,40,44)(H,42,46)/t19-,21-,26+,30-,36-/m1/s1. The summed E-state index contributed by atoms with van der Waals surface area (Å²) in [5.74, 6) is -0.627. The Balaban J connectivity index is 1.33. The Morgan fingerprint density at radius 2 is 1.83 bits per heavy atom. The second-order valence-electron chi connectivity index (χ2n) is 15.7. The number of aromatic nitrogens is 2. The van der Waals surface area contributed by atoms with Gasteiger partial charge in [0.05, 0.1) is 36.2 Å². The number of benzene rings is 1. The smallest absolute Gasteiger partial charge is 0.259 e. The van der Waals surface area contributed by atoms with Gasteiger partial charge >= 0.3 is 0 Å². The molecule has 52 heavy (non-hydrogen) atoms. The highest BCUT2D eigenvalue weighted by atomic mass is 32.2. The second kappa shape index (κ2) is 13.9. The molecule has 6 rings (SSSR count). The highest BCUT2D eigenvalue weighted by molar-refractivity contribution is 7.91. The topological polar surface area (TPSA) is 169 Å². The van der Waals surface area contributed by atoms with Gasteiger partial charge in [-0.25, -0.2) is 18.4 Å². The minimum Gasteiger partial charge on any atom is -0.496 e. The maximum atomic E-state index is 14.2. The molecule has 3 amide bonds. The molecule has 3 fully saturated rings. The molecule has 3 aromatic rings. The third-order valence-electron chi connectivity index (χ3n) is 10.4. The van der Waals surface area contributed by atoms with E-state index in [0.29, 0.717) is 35.6 Å². The third-order valence-corrected chi connectivity index (χ3v) is 13.1. The second-order valence-corrected chi connectivity index (χ2v) is 18.5. The highest BCUT2D eigenvalue weighted by Gasteiger charge is 2.61. The van der Waals surface area contributed by atoms with Gasteiger partial charge in [-0.05, 0) is 55.6 Å². The molecule has 16 heteroatoms. The summed E-state index contributed by atoms with van der Waals surface area (Å²) in [7, 11) is 3.66. The van der Waals surface area contributed by atoms with Crippen LogP contribution < -0.4 is 24.7 Å². The molecule has 1 aliphatic heterocycles. The van der Waals surface area contributed by atoms with Crippen LogP contribution in [0.5, 0.6) is 11.5 Å². The molecular formula is C36H47BN6O7S2. The fourth-order valence-corrected chi connectivity index (χ4v) is 9.15. The average molecular weight is 751 g/mol. The van der Waals surface area contributed by atoms with Crippen LogP contribution in [0, 0.1) is 18.3 Å². The molecule has 0 unspecified atom stereocenters. The number of aryl methyl sites for hydroxylation is 1. The Labute approximate surface area is 310 Å². The van der Waals surface area contributed by atoms with Crippen LogP contribution in [0.4, 0.5) is 0 Å². The van der Waals surface area contributed by atoms with Crippen molar-refractivity contribution in [2.24, 2.45) is 11.3 Å². The largest absolute Gasteiger partial charge is 0.496 e. The summed E-state index contributed by atoms with van der Waals surface area (Å²) in [6.07, 6.45) is 0.718. The molecule has 3 aliphatic rings. The predicted molar refractivity (Wildman–Crippen MR) is 200 cm³/mol. The van der Waals surface area contributed by atoms with Crippen molar-refractivity contribution >= 4 is 58.0 Å². The fraction of sp³-hybridized carbons (Fsp3) is 0.583. The molecule has 2 aromatic heterocycles. The number of nitrogens with one attached hydrogen (secondary N) is 3. The van der Waals surface area contributed by atoms with E-state index < -0.39 is 62.1 Å². The highest BCUT2D eigenvalue weighted by Crippen LogP contribution is 2.45. The number of ether oxygens (including phenoxy) is 2. The van der Waals surface area contributed by atoms with Crippen molar-refractivity contribution in [2.75, 3.05) is 13.7 Å². The lowest BCUT2D eigenvalue weighted by atomic mass is 9.84. The van der Waals surface area contributed by atoms with E-state index in [2.05, 4.69) is 29.1 Å². The normalized spacial score (nSPS) is 23.8. The molecule has 3 N–H and O–H groups in total. The van der Waals surface area contributed by atoms with E-state index in [0.717, 1.165) is 21.7 Å². The van der Waals surface area contributed by atoms with Gasteiger partial charge in [-0.3, -0.25) is 19.1 Å². The van der Waals surface area contributed by atoms with Crippen LogP contribution in [0.2, 0.25) is 0 Å². The summed E-state index contributed by atoms with van der Waals surface area (Å²) < 4.78 is 39.8. The molecule has 1 aromatic carbocycles. The molecule has 2 aliphatic carbocycles. The first kappa shape index (κ1) is 38.0. The number of thiazole rings is 1. The zero-order valence-electron chi connectivity index (χ0n) is 30.9. The van der Waals surface area contributed by atoms with Crippen molar-refractivity contribution in [1.82, 2.24) is 30.1 Å². The van der Waals surface area contributed by atoms with Gasteiger partial charge in [0.25, 0.3) is 5.91 Å². The summed E-state index contributed by atoms with van der Waals surface area (Å²) in [6.45, 7) is 13.5. The number of hydrogen-bond acceptors (Lipinski definition) is 11. The van der Waals surface area contributed by atoms with Crippen molar-refractivity contribution in [3.05, 3.63) is 34.8 Å². The first-order valence-electron chi connectivity index (χ1n) is 17.7. The third kappa shape index (κ3) is 7.25. The number of hydrogen-bond donors (Lipinski definition) is 3. The SMILES string of the molecule is [B]N[C@H](C(=O)N1C[C@H](Oc2cc(-c3nc(C(C)C)cs3)nc3c(C)c(OC)ccc23)C[C@H]1C(=O)N[C@]1(C(=O)NS(=O)(=O)C2CC2)C[C@H]1C)C(C)(C)C. The van der Waals surface area contributed by atoms with Gasteiger partial charge in [0, 0.05) is 28.8 Å². The van der Waals surface area contributed by atoms with E-state index in [1.54, 1.807) is 14.0 Å². The fourth-order valence-electron chi connectivity index (χ4n) is 6.85. The molecule has 278 valence electrons. The maximum Gasteiger partial charge on any atom is 0.259 e. The summed E-state index contributed by atoms with van der Waals surface area (Å²) in [4.78, 5) is 53.0. The quantitative estimate of drug-likeness (QED) is 0.232. The van der Waals surface area contributed by atoms with Crippen LogP contribution in [0.3, 0.4) is 0 Å². The van der Waals surface area contributed by atoms with E-state index >= 15 is 0 Å². The average Bonchev–Trinajstić information content (AvgIpc) is 3.92. The molecular weight excluding hydrogens is 703 g/mol. The number of carbonyl (C=O) groups excluding carboxylic acids is 3. The molecule has 1 saturated heterocycles. The van der Waals surface area contributed by atoms with Crippen LogP contribution in [0.1, 0.15) is 84.4 Å². The number of amides is 3. The number of rotatable bonds is 12.